The monoisotopic (exact) mass is 265 g/mol. The second-order valence-electron chi connectivity index (χ2n) is 4.56. The second-order valence-corrected chi connectivity index (χ2v) is 4.56. The first-order chi connectivity index (χ1) is 9.74. The largest absolute Gasteiger partial charge is 0.383 e. The number of imidazole rings is 1. The van der Waals surface area contributed by atoms with Crippen molar-refractivity contribution in [1.82, 2.24) is 29.7 Å². The minimum Gasteiger partial charge on any atom is -0.383 e. The molecular formula is C13H11N7. The molecule has 0 saturated carbocycles. The van der Waals surface area contributed by atoms with E-state index in [1.807, 2.05) is 25.2 Å². The van der Waals surface area contributed by atoms with Gasteiger partial charge in [-0.05, 0) is 12.1 Å². The number of aromatic nitrogens is 6. The number of hydrogen-bond donors (Lipinski definition) is 2. The molecule has 3 aromatic heterocycles. The number of fused-ring (bicyclic) bond motifs is 2. The zero-order valence-electron chi connectivity index (χ0n) is 10.7. The second kappa shape index (κ2) is 3.77. The van der Waals surface area contributed by atoms with Crippen molar-refractivity contribution >= 4 is 27.9 Å². The first-order valence-electron chi connectivity index (χ1n) is 6.11. The van der Waals surface area contributed by atoms with Gasteiger partial charge in [-0.2, -0.15) is 5.10 Å². The van der Waals surface area contributed by atoms with Crippen molar-refractivity contribution in [2.75, 3.05) is 5.73 Å². The molecule has 0 fully saturated rings. The summed E-state index contributed by atoms with van der Waals surface area (Å²) in [4.78, 5) is 15.6. The maximum atomic E-state index is 5.97. The van der Waals surface area contributed by atoms with Crippen molar-refractivity contribution in [3.05, 3.63) is 30.9 Å². The number of anilines is 1. The van der Waals surface area contributed by atoms with Gasteiger partial charge in [-0.15, -0.1) is 0 Å². The Labute approximate surface area is 113 Å². The van der Waals surface area contributed by atoms with E-state index in [2.05, 4.69) is 25.0 Å². The predicted molar refractivity (Wildman–Crippen MR) is 75.8 cm³/mol. The van der Waals surface area contributed by atoms with Crippen molar-refractivity contribution in [1.29, 1.82) is 0 Å². The van der Waals surface area contributed by atoms with Crippen LogP contribution in [0.1, 0.15) is 0 Å². The molecule has 0 spiro atoms. The molecule has 3 heterocycles. The number of nitrogens with one attached hydrogen (secondary N) is 1. The minimum absolute atomic E-state index is 0.431. The molecule has 4 aromatic rings. The number of aromatic amines is 1. The Hall–Kier alpha value is -2.96. The number of nitrogens with zero attached hydrogens (tertiary/aromatic N) is 5. The van der Waals surface area contributed by atoms with Crippen LogP contribution in [0.5, 0.6) is 0 Å². The van der Waals surface area contributed by atoms with Crippen LogP contribution in [0.2, 0.25) is 0 Å². The molecule has 20 heavy (non-hydrogen) atoms. The molecule has 0 aliphatic carbocycles. The third kappa shape index (κ3) is 1.40. The molecule has 0 amide bonds. The summed E-state index contributed by atoms with van der Waals surface area (Å²) in [5.41, 5.74) is 10.3. The lowest BCUT2D eigenvalue weighted by Gasteiger charge is -1.99. The number of hydrogen-bond acceptors (Lipinski definition) is 5. The van der Waals surface area contributed by atoms with Crippen LogP contribution in [-0.4, -0.2) is 29.7 Å². The normalized spacial score (nSPS) is 11.4. The van der Waals surface area contributed by atoms with E-state index in [0.717, 1.165) is 33.3 Å². The SMILES string of the molecule is Cn1nc(-c2ccc3[nH]cnc3c2)c2c(N)ncnc21. The van der Waals surface area contributed by atoms with Gasteiger partial charge in [0.2, 0.25) is 0 Å². The fraction of sp³-hybridized carbons (Fsp3) is 0.0769. The molecule has 0 radical (unpaired) electrons. The minimum atomic E-state index is 0.431. The third-order valence-electron chi connectivity index (χ3n) is 3.34. The zero-order chi connectivity index (χ0) is 13.7. The van der Waals surface area contributed by atoms with Gasteiger partial charge in [-0.3, -0.25) is 0 Å². The summed E-state index contributed by atoms with van der Waals surface area (Å²) in [7, 11) is 1.84. The van der Waals surface area contributed by atoms with Crippen LogP contribution in [0.25, 0.3) is 33.3 Å². The Balaban J connectivity index is 2.06. The molecule has 98 valence electrons. The fourth-order valence-electron chi connectivity index (χ4n) is 2.39. The number of benzene rings is 1. The number of H-pyrrole nitrogens is 1. The van der Waals surface area contributed by atoms with Crippen molar-refractivity contribution < 1.29 is 0 Å². The highest BCUT2D eigenvalue weighted by atomic mass is 15.3. The molecule has 0 aliphatic heterocycles. The molecule has 0 unspecified atom stereocenters. The highest BCUT2D eigenvalue weighted by Gasteiger charge is 2.15. The molecule has 0 bridgehead atoms. The van der Waals surface area contributed by atoms with Gasteiger partial charge in [0.15, 0.2) is 5.65 Å². The van der Waals surface area contributed by atoms with Crippen LogP contribution >= 0.6 is 0 Å². The Bertz CT molecular complexity index is 934. The summed E-state index contributed by atoms with van der Waals surface area (Å²) in [6, 6.07) is 5.92. The van der Waals surface area contributed by atoms with E-state index >= 15 is 0 Å². The van der Waals surface area contributed by atoms with Crippen molar-refractivity contribution in [2.24, 2.45) is 7.05 Å². The highest BCUT2D eigenvalue weighted by molar-refractivity contribution is 5.99. The first kappa shape index (κ1) is 10.9. The van der Waals surface area contributed by atoms with E-state index in [1.54, 1.807) is 11.0 Å². The third-order valence-corrected chi connectivity index (χ3v) is 3.34. The molecule has 7 heteroatoms. The van der Waals surface area contributed by atoms with Crippen LogP contribution in [0.3, 0.4) is 0 Å². The standard InChI is InChI=1S/C13H11N7/c1-20-13-10(12(14)17-6-18-13)11(19-20)7-2-3-8-9(4-7)16-5-15-8/h2-6H,1H3,(H,15,16)(H2,14,17,18). The Morgan fingerprint density at radius 2 is 2.10 bits per heavy atom. The maximum absolute atomic E-state index is 5.97. The van der Waals surface area contributed by atoms with Gasteiger partial charge in [0.1, 0.15) is 17.8 Å². The van der Waals surface area contributed by atoms with Crippen molar-refractivity contribution in [2.45, 2.75) is 0 Å². The summed E-state index contributed by atoms with van der Waals surface area (Å²) in [6.45, 7) is 0. The topological polar surface area (TPSA) is 98.3 Å². The number of aryl methyl sites for hydroxylation is 1. The van der Waals surface area contributed by atoms with Gasteiger partial charge in [0, 0.05) is 12.6 Å². The van der Waals surface area contributed by atoms with Crippen molar-refractivity contribution in [3.8, 4) is 11.3 Å². The van der Waals surface area contributed by atoms with Crippen LogP contribution in [0.4, 0.5) is 5.82 Å². The van der Waals surface area contributed by atoms with E-state index in [-0.39, 0.29) is 0 Å². The molecule has 7 nitrogen and oxygen atoms in total. The molecular weight excluding hydrogens is 254 g/mol. The fourth-order valence-corrected chi connectivity index (χ4v) is 2.39. The summed E-state index contributed by atoms with van der Waals surface area (Å²) in [6.07, 6.45) is 3.11. The molecule has 3 N–H and O–H groups in total. The Kier molecular flexibility index (Phi) is 2.06. The summed E-state index contributed by atoms with van der Waals surface area (Å²) >= 11 is 0. The van der Waals surface area contributed by atoms with E-state index in [0.29, 0.717) is 5.82 Å². The average Bonchev–Trinajstić information content (AvgIpc) is 3.04. The highest BCUT2D eigenvalue weighted by Crippen LogP contribution is 2.30. The molecule has 0 saturated heterocycles. The molecule has 1 aromatic carbocycles. The van der Waals surface area contributed by atoms with E-state index in [1.165, 1.54) is 6.33 Å². The van der Waals surface area contributed by atoms with Crippen LogP contribution in [0.15, 0.2) is 30.9 Å². The van der Waals surface area contributed by atoms with Crippen LogP contribution in [-0.2, 0) is 7.05 Å². The van der Waals surface area contributed by atoms with Crippen molar-refractivity contribution in [3.63, 3.8) is 0 Å². The van der Waals surface area contributed by atoms with Gasteiger partial charge in [-0.25, -0.2) is 19.6 Å². The van der Waals surface area contributed by atoms with Crippen LogP contribution in [0, 0.1) is 0 Å². The summed E-state index contributed by atoms with van der Waals surface area (Å²) < 4.78 is 1.71. The van der Waals surface area contributed by atoms with Crippen LogP contribution < -0.4 is 5.73 Å². The number of rotatable bonds is 1. The summed E-state index contributed by atoms with van der Waals surface area (Å²) in [5, 5.41) is 5.28. The quantitative estimate of drug-likeness (QED) is 0.543. The smallest absolute Gasteiger partial charge is 0.163 e. The number of nitrogen functional groups attached to an aromatic ring is 1. The molecule has 0 atom stereocenters. The van der Waals surface area contributed by atoms with Gasteiger partial charge >= 0.3 is 0 Å². The molecule has 0 aliphatic rings. The Morgan fingerprint density at radius 3 is 3.00 bits per heavy atom. The lowest BCUT2D eigenvalue weighted by atomic mass is 10.1. The summed E-state index contributed by atoms with van der Waals surface area (Å²) in [5.74, 6) is 0.431. The van der Waals surface area contributed by atoms with E-state index < -0.39 is 0 Å². The van der Waals surface area contributed by atoms with Gasteiger partial charge in [0.05, 0.1) is 22.7 Å². The van der Waals surface area contributed by atoms with E-state index in [4.69, 9.17) is 5.73 Å². The average molecular weight is 265 g/mol. The molecule has 4 rings (SSSR count). The maximum Gasteiger partial charge on any atom is 0.163 e. The number of nitrogens with two attached hydrogens (primary N) is 1. The lowest BCUT2D eigenvalue weighted by Crippen LogP contribution is -1.95. The van der Waals surface area contributed by atoms with Gasteiger partial charge in [0.25, 0.3) is 0 Å². The Morgan fingerprint density at radius 1 is 1.20 bits per heavy atom. The predicted octanol–water partition coefficient (Wildman–Crippen LogP) is 1.49. The first-order valence-corrected chi connectivity index (χ1v) is 6.11. The van der Waals surface area contributed by atoms with Gasteiger partial charge < -0.3 is 10.7 Å². The van der Waals surface area contributed by atoms with Gasteiger partial charge in [-0.1, -0.05) is 6.07 Å². The lowest BCUT2D eigenvalue weighted by molar-refractivity contribution is 0.789. The van der Waals surface area contributed by atoms with E-state index in [9.17, 15) is 0 Å². The zero-order valence-corrected chi connectivity index (χ0v) is 10.7.